The maximum absolute atomic E-state index is 14.5. The number of aromatic nitrogens is 2. The van der Waals surface area contributed by atoms with Crippen molar-refractivity contribution in [3.63, 3.8) is 0 Å². The van der Waals surface area contributed by atoms with Gasteiger partial charge in [0.2, 0.25) is 0 Å². The predicted octanol–water partition coefficient (Wildman–Crippen LogP) is 7.07. The van der Waals surface area contributed by atoms with Gasteiger partial charge in [0.1, 0.15) is 11.6 Å². The number of allylic oxidation sites excluding steroid dienone is 1. The van der Waals surface area contributed by atoms with Crippen molar-refractivity contribution in [2.24, 2.45) is 5.92 Å². The molecule has 41 heavy (non-hydrogen) atoms. The van der Waals surface area contributed by atoms with Crippen LogP contribution in [0.15, 0.2) is 60.7 Å². The van der Waals surface area contributed by atoms with Crippen molar-refractivity contribution < 1.29 is 23.5 Å². The molecule has 2 N–H and O–H groups in total. The maximum Gasteiger partial charge on any atom is 0.303 e. The van der Waals surface area contributed by atoms with Gasteiger partial charge in [0.25, 0.3) is 5.91 Å². The van der Waals surface area contributed by atoms with Gasteiger partial charge in [-0.25, -0.2) is 18.7 Å². The van der Waals surface area contributed by atoms with Crippen molar-refractivity contribution in [2.75, 3.05) is 0 Å². The topological polar surface area (TPSA) is 92.2 Å². The Morgan fingerprint density at radius 3 is 2.56 bits per heavy atom. The molecule has 210 valence electrons. The van der Waals surface area contributed by atoms with Gasteiger partial charge >= 0.3 is 5.97 Å². The van der Waals surface area contributed by atoms with Gasteiger partial charge in [0.15, 0.2) is 0 Å². The van der Waals surface area contributed by atoms with Gasteiger partial charge in [0, 0.05) is 17.5 Å². The number of fused-ring (bicyclic) bond motifs is 2. The van der Waals surface area contributed by atoms with Crippen molar-refractivity contribution in [1.82, 2.24) is 15.3 Å². The molecule has 1 aliphatic carbocycles. The van der Waals surface area contributed by atoms with Crippen molar-refractivity contribution >= 4 is 29.0 Å². The van der Waals surface area contributed by atoms with E-state index in [1.807, 2.05) is 19.9 Å². The number of carboxylic acids is 1. The van der Waals surface area contributed by atoms with Gasteiger partial charge in [-0.15, -0.1) is 0 Å². The Hall–Kier alpha value is -4.46. The summed E-state index contributed by atoms with van der Waals surface area (Å²) in [5, 5.41) is 12.0. The first-order valence-electron chi connectivity index (χ1n) is 13.8. The van der Waals surface area contributed by atoms with E-state index in [1.54, 1.807) is 36.4 Å². The monoisotopic (exact) mass is 555 g/mol. The minimum Gasteiger partial charge on any atom is -0.481 e. The lowest BCUT2D eigenvalue weighted by atomic mass is 9.86. The number of hydrogen-bond donors (Lipinski definition) is 2. The second-order valence-electron chi connectivity index (χ2n) is 10.6. The largest absolute Gasteiger partial charge is 0.481 e. The van der Waals surface area contributed by atoms with E-state index < -0.39 is 5.97 Å². The molecule has 0 aliphatic heterocycles. The molecule has 0 saturated carbocycles. The summed E-state index contributed by atoms with van der Waals surface area (Å²) in [5.41, 5.74) is 5.82. The van der Waals surface area contributed by atoms with Crippen LogP contribution in [0.1, 0.15) is 71.9 Å². The van der Waals surface area contributed by atoms with E-state index in [0.717, 1.165) is 11.1 Å². The Labute approximate surface area is 237 Å². The summed E-state index contributed by atoms with van der Waals surface area (Å²) in [6, 6.07) is 13.9. The molecule has 0 fully saturated rings. The van der Waals surface area contributed by atoms with Crippen LogP contribution in [-0.2, 0) is 17.6 Å². The molecule has 2 atom stereocenters. The number of aliphatic carboxylic acids is 1. The number of hydrogen-bond acceptors (Lipinski definition) is 4. The van der Waals surface area contributed by atoms with Gasteiger partial charge in [0.05, 0.1) is 28.5 Å². The van der Waals surface area contributed by atoms with Crippen molar-refractivity contribution in [3.8, 4) is 11.3 Å². The van der Waals surface area contributed by atoms with Crippen LogP contribution < -0.4 is 5.32 Å². The summed E-state index contributed by atoms with van der Waals surface area (Å²) in [6.07, 6.45) is 6.23. The van der Waals surface area contributed by atoms with Crippen molar-refractivity contribution in [1.29, 1.82) is 0 Å². The van der Waals surface area contributed by atoms with E-state index in [9.17, 15) is 18.4 Å². The molecule has 1 amide bonds. The summed E-state index contributed by atoms with van der Waals surface area (Å²) in [7, 11) is 0. The Morgan fingerprint density at radius 1 is 1.02 bits per heavy atom. The quantitative estimate of drug-likeness (QED) is 0.216. The van der Waals surface area contributed by atoms with Gasteiger partial charge in [-0.1, -0.05) is 25.1 Å². The van der Waals surface area contributed by atoms with Crippen LogP contribution in [-0.4, -0.2) is 27.0 Å². The third kappa shape index (κ3) is 6.32. The molecule has 0 bridgehead atoms. The predicted molar refractivity (Wildman–Crippen MR) is 154 cm³/mol. The van der Waals surface area contributed by atoms with Gasteiger partial charge < -0.3 is 10.4 Å². The number of carboxylic acid groups (broad SMARTS) is 1. The molecule has 2 unspecified atom stereocenters. The summed E-state index contributed by atoms with van der Waals surface area (Å²) >= 11 is 0. The molecule has 1 aliphatic rings. The number of nitrogens with zero attached hydrogens (tertiary/aromatic N) is 2. The molecule has 1 heterocycles. The SMILES string of the molecule is CC1C=Cc2c(C(C)NC(=O)c3ccc4nc(-c5ccc(F)cc5)c(CCCCC(=O)O)nc4c3)ccc(F)c2C1. The second-order valence-corrected chi connectivity index (χ2v) is 10.6. The van der Waals surface area contributed by atoms with E-state index in [2.05, 4.69) is 11.4 Å². The zero-order valence-electron chi connectivity index (χ0n) is 23.0. The van der Waals surface area contributed by atoms with Crippen LogP contribution in [0.25, 0.3) is 28.4 Å². The standard InChI is InChI=1S/C33H31F2N3O3/c1-19-7-13-25-24(14-15-27(35)26(25)17-19)20(2)36-33(41)22-10-16-28-30(18-22)37-29(5-3-4-6-31(39)40)32(38-28)21-8-11-23(34)12-9-21/h7-16,18-20H,3-6,17H2,1-2H3,(H,36,41)(H,39,40). The number of rotatable bonds is 9. The molecule has 6 nitrogen and oxygen atoms in total. The number of amides is 1. The van der Waals surface area contributed by atoms with Crippen LogP contribution in [0.4, 0.5) is 8.78 Å². The Balaban J connectivity index is 1.42. The lowest BCUT2D eigenvalue weighted by Gasteiger charge is -2.23. The number of carbonyl (C=O) groups is 2. The Morgan fingerprint density at radius 2 is 1.80 bits per heavy atom. The second kappa shape index (κ2) is 12.0. The van der Waals surface area contributed by atoms with Crippen LogP contribution in [0, 0.1) is 17.6 Å². The summed E-state index contributed by atoms with van der Waals surface area (Å²) < 4.78 is 28.1. The van der Waals surface area contributed by atoms with Crippen LogP contribution in [0.2, 0.25) is 0 Å². The Bertz CT molecular complexity index is 1650. The first kappa shape index (κ1) is 28.1. The normalized spacial score (nSPS) is 15.0. The lowest BCUT2D eigenvalue weighted by molar-refractivity contribution is -0.137. The zero-order chi connectivity index (χ0) is 29.1. The highest BCUT2D eigenvalue weighted by Crippen LogP contribution is 2.31. The number of carbonyl (C=O) groups excluding carboxylic acids is 1. The summed E-state index contributed by atoms with van der Waals surface area (Å²) in [6.45, 7) is 3.92. The van der Waals surface area contributed by atoms with Gasteiger partial charge in [-0.05, 0) is 104 Å². The number of unbranched alkanes of at least 4 members (excludes halogenated alkanes) is 1. The zero-order valence-corrected chi connectivity index (χ0v) is 23.0. The Kier molecular flexibility index (Phi) is 8.19. The van der Waals surface area contributed by atoms with Gasteiger partial charge in [-0.2, -0.15) is 0 Å². The molecule has 3 aromatic carbocycles. The fourth-order valence-electron chi connectivity index (χ4n) is 5.26. The minimum absolute atomic E-state index is 0.0570. The molecule has 0 saturated heterocycles. The average Bonchev–Trinajstić information content (AvgIpc) is 2.95. The molecule has 4 aromatic rings. The molecule has 0 spiro atoms. The lowest BCUT2D eigenvalue weighted by Crippen LogP contribution is -2.27. The van der Waals surface area contributed by atoms with E-state index >= 15 is 0 Å². The number of nitrogens with one attached hydrogen (secondary N) is 1. The molecular formula is C33H31F2N3O3. The van der Waals surface area contributed by atoms with E-state index in [1.165, 1.54) is 18.2 Å². The van der Waals surface area contributed by atoms with Crippen molar-refractivity contribution in [2.45, 2.75) is 52.0 Å². The highest BCUT2D eigenvalue weighted by molar-refractivity contribution is 5.97. The molecule has 8 heteroatoms. The highest BCUT2D eigenvalue weighted by Gasteiger charge is 2.22. The van der Waals surface area contributed by atoms with Crippen LogP contribution in [0.5, 0.6) is 0 Å². The highest BCUT2D eigenvalue weighted by atomic mass is 19.1. The van der Waals surface area contributed by atoms with E-state index in [-0.39, 0.29) is 35.9 Å². The minimum atomic E-state index is -0.857. The molecule has 0 radical (unpaired) electrons. The number of benzene rings is 3. The fourth-order valence-corrected chi connectivity index (χ4v) is 5.26. The van der Waals surface area contributed by atoms with Crippen LogP contribution in [0.3, 0.4) is 0 Å². The molecular weight excluding hydrogens is 524 g/mol. The fraction of sp³-hybridized carbons (Fsp3) is 0.273. The average molecular weight is 556 g/mol. The van der Waals surface area contributed by atoms with Crippen molar-refractivity contribution in [3.05, 3.63) is 100 Å². The van der Waals surface area contributed by atoms with E-state index in [0.29, 0.717) is 64.8 Å². The number of aryl methyl sites for hydroxylation is 1. The van der Waals surface area contributed by atoms with Gasteiger partial charge in [-0.3, -0.25) is 9.59 Å². The summed E-state index contributed by atoms with van der Waals surface area (Å²) in [5.74, 6) is -1.49. The van der Waals surface area contributed by atoms with E-state index in [4.69, 9.17) is 15.1 Å². The molecule has 1 aromatic heterocycles. The third-order valence-electron chi connectivity index (χ3n) is 7.44. The smallest absolute Gasteiger partial charge is 0.303 e. The van der Waals surface area contributed by atoms with Crippen LogP contribution >= 0.6 is 0 Å². The third-order valence-corrected chi connectivity index (χ3v) is 7.44. The molecule has 5 rings (SSSR count). The number of halogens is 2. The first-order chi connectivity index (χ1) is 19.7. The first-order valence-corrected chi connectivity index (χ1v) is 13.8. The summed E-state index contributed by atoms with van der Waals surface area (Å²) in [4.78, 5) is 33.8. The maximum atomic E-state index is 14.5.